The van der Waals surface area contributed by atoms with Gasteiger partial charge >= 0.3 is 0 Å². The number of aromatic nitrogens is 1. The minimum Gasteiger partial charge on any atom is -0.312 e. The average molecular weight is 323 g/mol. The lowest BCUT2D eigenvalue weighted by molar-refractivity contribution is 0.626. The van der Waals surface area contributed by atoms with Crippen molar-refractivity contribution in [2.45, 2.75) is 40.2 Å². The molecule has 0 aliphatic carbocycles. The normalized spacial score (nSPS) is 11.3. The van der Waals surface area contributed by atoms with Crippen molar-refractivity contribution < 1.29 is 0 Å². The lowest BCUT2D eigenvalue weighted by atomic mass is 10.1. The van der Waals surface area contributed by atoms with E-state index in [4.69, 9.17) is 16.6 Å². The molecule has 2 aromatic rings. The summed E-state index contributed by atoms with van der Waals surface area (Å²) in [5.74, 6) is 0.631. The minimum absolute atomic E-state index is 0.631. The summed E-state index contributed by atoms with van der Waals surface area (Å²) in [6, 6.07) is 8.04. The second kappa shape index (κ2) is 7.92. The van der Waals surface area contributed by atoms with Crippen LogP contribution in [0.2, 0.25) is 5.02 Å². The topological polar surface area (TPSA) is 24.9 Å². The first kappa shape index (κ1) is 16.5. The predicted octanol–water partition coefficient (Wildman–Crippen LogP) is 4.70. The molecule has 0 radical (unpaired) electrons. The lowest BCUT2D eigenvalue weighted by Gasteiger charge is -2.04. The van der Waals surface area contributed by atoms with Crippen LogP contribution in [0.25, 0.3) is 0 Å². The molecular weight excluding hydrogens is 300 g/mol. The van der Waals surface area contributed by atoms with Crippen LogP contribution in [-0.2, 0) is 19.4 Å². The van der Waals surface area contributed by atoms with Gasteiger partial charge in [-0.2, -0.15) is 0 Å². The highest BCUT2D eigenvalue weighted by Crippen LogP contribution is 2.24. The molecule has 0 fully saturated rings. The molecule has 0 bridgehead atoms. The Hall–Kier alpha value is -0.900. The Labute approximate surface area is 136 Å². The van der Waals surface area contributed by atoms with Crippen LogP contribution < -0.4 is 5.32 Å². The maximum Gasteiger partial charge on any atom is 0.0975 e. The smallest absolute Gasteiger partial charge is 0.0975 e. The SMILES string of the molecule is CCNCc1sc(Cc2cccc(Cl)c2)nc1CC(C)C. The molecule has 114 valence electrons. The molecule has 1 heterocycles. The second-order valence-corrected chi connectivity index (χ2v) is 7.27. The minimum atomic E-state index is 0.631. The molecule has 1 N–H and O–H groups in total. The maximum absolute atomic E-state index is 6.06. The van der Waals surface area contributed by atoms with E-state index in [9.17, 15) is 0 Å². The zero-order valence-electron chi connectivity index (χ0n) is 12.9. The fourth-order valence-electron chi connectivity index (χ4n) is 2.26. The molecule has 0 atom stereocenters. The van der Waals surface area contributed by atoms with Crippen LogP contribution >= 0.6 is 22.9 Å². The molecule has 2 nitrogen and oxygen atoms in total. The Bertz CT molecular complexity index is 578. The van der Waals surface area contributed by atoms with Gasteiger partial charge in [0, 0.05) is 22.9 Å². The van der Waals surface area contributed by atoms with E-state index in [2.05, 4.69) is 32.2 Å². The summed E-state index contributed by atoms with van der Waals surface area (Å²) in [6.07, 6.45) is 1.91. The van der Waals surface area contributed by atoms with Gasteiger partial charge in [0.1, 0.15) is 0 Å². The molecule has 0 amide bonds. The largest absolute Gasteiger partial charge is 0.312 e. The number of hydrogen-bond acceptors (Lipinski definition) is 3. The number of nitrogens with zero attached hydrogens (tertiary/aromatic N) is 1. The lowest BCUT2D eigenvalue weighted by Crippen LogP contribution is -2.12. The Morgan fingerprint density at radius 2 is 2.14 bits per heavy atom. The van der Waals surface area contributed by atoms with Crippen LogP contribution in [0.1, 0.15) is 41.9 Å². The first-order chi connectivity index (χ1) is 10.1. The molecule has 0 saturated heterocycles. The third kappa shape index (κ3) is 5.10. The van der Waals surface area contributed by atoms with E-state index in [-0.39, 0.29) is 0 Å². The molecule has 0 aliphatic rings. The fraction of sp³-hybridized carbons (Fsp3) is 0.471. The van der Waals surface area contributed by atoms with Crippen molar-refractivity contribution in [2.75, 3.05) is 6.54 Å². The van der Waals surface area contributed by atoms with Gasteiger partial charge in [-0.05, 0) is 36.6 Å². The summed E-state index contributed by atoms with van der Waals surface area (Å²) in [6.45, 7) is 8.53. The number of thiazole rings is 1. The van der Waals surface area contributed by atoms with E-state index in [0.29, 0.717) is 5.92 Å². The van der Waals surface area contributed by atoms with Gasteiger partial charge in [0.2, 0.25) is 0 Å². The number of hydrogen-bond donors (Lipinski definition) is 1. The highest BCUT2D eigenvalue weighted by Gasteiger charge is 2.12. The molecule has 0 spiro atoms. The molecule has 21 heavy (non-hydrogen) atoms. The van der Waals surface area contributed by atoms with Gasteiger partial charge in [-0.1, -0.05) is 44.5 Å². The van der Waals surface area contributed by atoms with Gasteiger partial charge in [0.25, 0.3) is 0 Å². The quantitative estimate of drug-likeness (QED) is 0.799. The van der Waals surface area contributed by atoms with Crippen molar-refractivity contribution in [2.24, 2.45) is 5.92 Å². The third-order valence-corrected chi connectivity index (χ3v) is 4.54. The van der Waals surface area contributed by atoms with Gasteiger partial charge in [-0.25, -0.2) is 4.98 Å². The van der Waals surface area contributed by atoms with Crippen molar-refractivity contribution in [1.82, 2.24) is 10.3 Å². The van der Waals surface area contributed by atoms with Crippen LogP contribution in [-0.4, -0.2) is 11.5 Å². The summed E-state index contributed by atoms with van der Waals surface area (Å²) < 4.78 is 0. The Kier molecular flexibility index (Phi) is 6.22. The highest BCUT2D eigenvalue weighted by atomic mass is 35.5. The van der Waals surface area contributed by atoms with Crippen molar-refractivity contribution in [3.8, 4) is 0 Å². The van der Waals surface area contributed by atoms with Crippen LogP contribution in [0.15, 0.2) is 24.3 Å². The van der Waals surface area contributed by atoms with E-state index >= 15 is 0 Å². The molecule has 1 aromatic carbocycles. The van der Waals surface area contributed by atoms with Gasteiger partial charge in [0.15, 0.2) is 0 Å². The molecule has 0 aliphatic heterocycles. The van der Waals surface area contributed by atoms with E-state index in [1.54, 1.807) is 0 Å². The number of benzene rings is 1. The maximum atomic E-state index is 6.06. The molecule has 2 rings (SSSR count). The Morgan fingerprint density at radius 3 is 2.81 bits per heavy atom. The first-order valence-corrected chi connectivity index (χ1v) is 8.70. The molecule has 1 aromatic heterocycles. The summed E-state index contributed by atoms with van der Waals surface area (Å²) in [5, 5.41) is 5.39. The van der Waals surface area contributed by atoms with E-state index < -0.39 is 0 Å². The van der Waals surface area contributed by atoms with Gasteiger partial charge in [-0.15, -0.1) is 11.3 Å². The van der Waals surface area contributed by atoms with Gasteiger partial charge in [0.05, 0.1) is 10.7 Å². The average Bonchev–Trinajstić information content (AvgIpc) is 2.77. The highest BCUT2D eigenvalue weighted by molar-refractivity contribution is 7.11. The number of rotatable bonds is 7. The Balaban J connectivity index is 2.17. The summed E-state index contributed by atoms with van der Waals surface area (Å²) in [4.78, 5) is 6.24. The molecule has 0 saturated carbocycles. The summed E-state index contributed by atoms with van der Waals surface area (Å²) >= 11 is 7.88. The van der Waals surface area contributed by atoms with Crippen LogP contribution in [0.3, 0.4) is 0 Å². The number of nitrogens with one attached hydrogen (secondary N) is 1. The monoisotopic (exact) mass is 322 g/mol. The molecule has 4 heteroatoms. The van der Waals surface area contributed by atoms with E-state index in [1.807, 2.05) is 29.5 Å². The van der Waals surface area contributed by atoms with Gasteiger partial charge < -0.3 is 5.32 Å². The molecular formula is C17H23ClN2S. The second-order valence-electron chi connectivity index (χ2n) is 5.66. The first-order valence-electron chi connectivity index (χ1n) is 7.51. The zero-order chi connectivity index (χ0) is 15.2. The van der Waals surface area contributed by atoms with Crippen molar-refractivity contribution in [1.29, 1.82) is 0 Å². The van der Waals surface area contributed by atoms with Gasteiger partial charge in [-0.3, -0.25) is 0 Å². The standard InChI is InChI=1S/C17H23ClN2S/c1-4-19-11-16-15(8-12(2)3)20-17(21-16)10-13-6-5-7-14(18)9-13/h5-7,9,12,19H,4,8,10-11H2,1-3H3. The van der Waals surface area contributed by atoms with Crippen LogP contribution in [0.5, 0.6) is 0 Å². The predicted molar refractivity (Wildman–Crippen MR) is 92.3 cm³/mol. The van der Waals surface area contributed by atoms with Crippen LogP contribution in [0, 0.1) is 5.92 Å². The van der Waals surface area contributed by atoms with Crippen molar-refractivity contribution >= 4 is 22.9 Å². The van der Waals surface area contributed by atoms with Crippen LogP contribution in [0.4, 0.5) is 0 Å². The summed E-state index contributed by atoms with van der Waals surface area (Å²) in [5.41, 5.74) is 2.48. The van der Waals surface area contributed by atoms with E-state index in [0.717, 1.165) is 31.0 Å². The van der Waals surface area contributed by atoms with E-state index in [1.165, 1.54) is 21.1 Å². The fourth-order valence-corrected chi connectivity index (χ4v) is 3.57. The van der Waals surface area contributed by atoms with Crippen molar-refractivity contribution in [3.63, 3.8) is 0 Å². The number of halogens is 1. The third-order valence-electron chi connectivity index (χ3n) is 3.20. The molecule has 0 unspecified atom stereocenters. The van der Waals surface area contributed by atoms with Crippen molar-refractivity contribution in [3.05, 3.63) is 50.4 Å². The Morgan fingerprint density at radius 1 is 1.33 bits per heavy atom. The summed E-state index contributed by atoms with van der Waals surface area (Å²) in [7, 11) is 0. The zero-order valence-corrected chi connectivity index (χ0v) is 14.5.